The van der Waals surface area contributed by atoms with Gasteiger partial charge in [-0.15, -0.1) is 0 Å². The second-order valence-electron chi connectivity index (χ2n) is 9.25. The number of amides is 1. The molecule has 36 heavy (non-hydrogen) atoms. The van der Waals surface area contributed by atoms with Crippen LogP contribution in [0.25, 0.3) is 11.2 Å². The van der Waals surface area contributed by atoms with Gasteiger partial charge in [-0.2, -0.15) is 0 Å². The Bertz CT molecular complexity index is 1450. The number of nitrogens with zero attached hydrogens (tertiary/aromatic N) is 4. The lowest BCUT2D eigenvalue weighted by Gasteiger charge is -2.32. The van der Waals surface area contributed by atoms with E-state index in [1.165, 1.54) is 6.07 Å². The third-order valence-corrected chi connectivity index (χ3v) is 6.65. The molecule has 1 atom stereocenters. The Labute approximate surface area is 208 Å². The number of halogens is 1. The molecule has 2 aromatic carbocycles. The number of aryl methyl sites for hydroxylation is 1. The van der Waals surface area contributed by atoms with Gasteiger partial charge in [-0.25, -0.2) is 14.4 Å². The topological polar surface area (TPSA) is 80.1 Å². The molecule has 0 bridgehead atoms. The van der Waals surface area contributed by atoms with Gasteiger partial charge in [-0.1, -0.05) is 48.0 Å². The van der Waals surface area contributed by atoms with Crippen LogP contribution in [0.5, 0.6) is 0 Å². The van der Waals surface area contributed by atoms with E-state index in [9.17, 15) is 14.0 Å². The Morgan fingerprint density at radius 1 is 1.11 bits per heavy atom. The number of carbonyl (C=O) groups is 1. The van der Waals surface area contributed by atoms with Crippen molar-refractivity contribution in [3.05, 3.63) is 99.7 Å². The molecule has 1 fully saturated rings. The molecule has 1 aliphatic rings. The van der Waals surface area contributed by atoms with Crippen LogP contribution in [-0.4, -0.2) is 33.5 Å². The molecular weight excluding hydrogens is 457 g/mol. The summed E-state index contributed by atoms with van der Waals surface area (Å²) in [6, 6.07) is 18.1. The highest BCUT2D eigenvalue weighted by molar-refractivity contribution is 5.79. The van der Waals surface area contributed by atoms with Gasteiger partial charge in [-0.3, -0.25) is 14.2 Å². The number of nitrogens with one attached hydrogen (secondary N) is 1. The molecule has 2 aromatic heterocycles. The molecule has 5 rings (SSSR count). The maximum absolute atomic E-state index is 13.9. The van der Waals surface area contributed by atoms with Crippen molar-refractivity contribution in [2.45, 2.75) is 32.9 Å². The van der Waals surface area contributed by atoms with Crippen LogP contribution >= 0.6 is 0 Å². The van der Waals surface area contributed by atoms with Crippen molar-refractivity contribution >= 4 is 22.9 Å². The summed E-state index contributed by atoms with van der Waals surface area (Å²) in [6.45, 7) is 3.54. The number of benzene rings is 2. The van der Waals surface area contributed by atoms with Crippen molar-refractivity contribution in [1.29, 1.82) is 0 Å². The number of hydrogen-bond acceptors (Lipinski definition) is 5. The van der Waals surface area contributed by atoms with Crippen LogP contribution in [-0.2, 0) is 17.9 Å². The van der Waals surface area contributed by atoms with E-state index < -0.39 is 0 Å². The predicted molar refractivity (Wildman–Crippen MR) is 137 cm³/mol. The van der Waals surface area contributed by atoms with Crippen LogP contribution in [0.1, 0.15) is 29.5 Å². The number of hydrogen-bond donors (Lipinski definition) is 1. The Balaban J connectivity index is 1.40. The second kappa shape index (κ2) is 10.3. The molecule has 8 heteroatoms. The highest BCUT2D eigenvalue weighted by Gasteiger charge is 2.29. The summed E-state index contributed by atoms with van der Waals surface area (Å²) >= 11 is 0. The number of aromatic nitrogens is 3. The third-order valence-electron chi connectivity index (χ3n) is 6.65. The van der Waals surface area contributed by atoms with Gasteiger partial charge < -0.3 is 10.2 Å². The molecule has 1 saturated heterocycles. The average molecular weight is 486 g/mol. The van der Waals surface area contributed by atoms with Gasteiger partial charge in [0.25, 0.3) is 5.56 Å². The molecule has 3 heterocycles. The zero-order chi connectivity index (χ0) is 25.1. The van der Waals surface area contributed by atoms with E-state index in [0.29, 0.717) is 48.6 Å². The van der Waals surface area contributed by atoms with Crippen LogP contribution in [0.15, 0.2) is 71.7 Å². The predicted octanol–water partition coefficient (Wildman–Crippen LogP) is 3.82. The minimum Gasteiger partial charge on any atom is -0.352 e. The third kappa shape index (κ3) is 4.98. The van der Waals surface area contributed by atoms with Crippen molar-refractivity contribution in [2.24, 2.45) is 5.92 Å². The summed E-state index contributed by atoms with van der Waals surface area (Å²) in [7, 11) is 0. The fraction of sp³-hybridized carbons (Fsp3) is 0.286. The average Bonchev–Trinajstić information content (AvgIpc) is 2.90. The maximum Gasteiger partial charge on any atom is 0.295 e. The fourth-order valence-electron chi connectivity index (χ4n) is 4.64. The smallest absolute Gasteiger partial charge is 0.295 e. The quantitative estimate of drug-likeness (QED) is 0.449. The monoisotopic (exact) mass is 485 g/mol. The number of anilines is 1. The molecule has 7 nitrogen and oxygen atoms in total. The molecule has 0 aliphatic carbocycles. The summed E-state index contributed by atoms with van der Waals surface area (Å²) < 4.78 is 15.6. The minimum atomic E-state index is -0.342. The highest BCUT2D eigenvalue weighted by Crippen LogP contribution is 2.22. The first-order valence-electron chi connectivity index (χ1n) is 12.2. The standard InChI is InChI=1S/C28H28FN5O2/c1-19-10-12-20(13-11-19)17-34-25-24(9-4-14-30-25)32-26(28(34)36)33-15-5-7-22(18-33)27(35)31-16-21-6-2-3-8-23(21)29/h2-4,6,8-14,22H,5,7,15-18H2,1H3,(H,31,35). The molecule has 0 spiro atoms. The van der Waals surface area contributed by atoms with Gasteiger partial charge in [0.05, 0.1) is 12.5 Å². The molecule has 0 saturated carbocycles. The number of piperidine rings is 1. The van der Waals surface area contributed by atoms with Gasteiger partial charge >= 0.3 is 0 Å². The SMILES string of the molecule is Cc1ccc(Cn2c(=O)c(N3CCCC(C(=O)NCc4ccccc4F)C3)nc3cccnc32)cc1. The zero-order valence-corrected chi connectivity index (χ0v) is 20.2. The van der Waals surface area contributed by atoms with Crippen LogP contribution in [0, 0.1) is 18.7 Å². The molecular formula is C28H28FN5O2. The Kier molecular flexibility index (Phi) is 6.75. The molecule has 1 unspecified atom stereocenters. The van der Waals surface area contributed by atoms with E-state index in [1.54, 1.807) is 35.0 Å². The lowest BCUT2D eigenvalue weighted by Crippen LogP contribution is -2.45. The zero-order valence-electron chi connectivity index (χ0n) is 20.2. The largest absolute Gasteiger partial charge is 0.352 e. The summed E-state index contributed by atoms with van der Waals surface area (Å²) in [5.74, 6) is -0.479. The Hall–Kier alpha value is -4.07. The van der Waals surface area contributed by atoms with Gasteiger partial charge in [-0.05, 0) is 43.5 Å². The van der Waals surface area contributed by atoms with Crippen molar-refractivity contribution < 1.29 is 9.18 Å². The van der Waals surface area contributed by atoms with Crippen molar-refractivity contribution in [1.82, 2.24) is 19.9 Å². The molecule has 0 radical (unpaired) electrons. The molecule has 1 amide bonds. The van der Waals surface area contributed by atoms with E-state index in [-0.39, 0.29) is 29.7 Å². The van der Waals surface area contributed by atoms with Gasteiger partial charge in [0, 0.05) is 31.4 Å². The van der Waals surface area contributed by atoms with Gasteiger partial charge in [0.15, 0.2) is 11.5 Å². The van der Waals surface area contributed by atoms with Crippen LogP contribution in [0.4, 0.5) is 10.2 Å². The minimum absolute atomic E-state index is 0.130. The van der Waals surface area contributed by atoms with Crippen LogP contribution in [0.3, 0.4) is 0 Å². The van der Waals surface area contributed by atoms with E-state index in [4.69, 9.17) is 0 Å². The second-order valence-corrected chi connectivity index (χ2v) is 9.25. The molecule has 1 aliphatic heterocycles. The first-order chi connectivity index (χ1) is 17.5. The summed E-state index contributed by atoms with van der Waals surface area (Å²) in [5.41, 5.74) is 3.52. The summed E-state index contributed by atoms with van der Waals surface area (Å²) in [4.78, 5) is 37.6. The number of fused-ring (bicyclic) bond motifs is 1. The first kappa shape index (κ1) is 23.7. The van der Waals surface area contributed by atoms with Crippen molar-refractivity contribution in [3.63, 3.8) is 0 Å². The van der Waals surface area contributed by atoms with Crippen LogP contribution < -0.4 is 15.8 Å². The van der Waals surface area contributed by atoms with Gasteiger partial charge in [0.2, 0.25) is 5.91 Å². The first-order valence-corrected chi connectivity index (χ1v) is 12.2. The lowest BCUT2D eigenvalue weighted by molar-refractivity contribution is -0.125. The number of rotatable bonds is 6. The summed E-state index contributed by atoms with van der Waals surface area (Å²) in [5, 5.41) is 2.85. The van der Waals surface area contributed by atoms with Crippen molar-refractivity contribution in [2.75, 3.05) is 18.0 Å². The van der Waals surface area contributed by atoms with E-state index in [2.05, 4.69) is 15.3 Å². The molecule has 1 N–H and O–H groups in total. The fourth-order valence-corrected chi connectivity index (χ4v) is 4.64. The number of pyridine rings is 1. The summed E-state index contributed by atoms with van der Waals surface area (Å²) in [6.07, 6.45) is 3.11. The Morgan fingerprint density at radius 3 is 2.72 bits per heavy atom. The van der Waals surface area contributed by atoms with E-state index >= 15 is 0 Å². The van der Waals surface area contributed by atoms with Crippen molar-refractivity contribution in [3.8, 4) is 0 Å². The van der Waals surface area contributed by atoms with E-state index in [1.807, 2.05) is 42.2 Å². The highest BCUT2D eigenvalue weighted by atomic mass is 19.1. The van der Waals surface area contributed by atoms with Crippen LogP contribution in [0.2, 0.25) is 0 Å². The van der Waals surface area contributed by atoms with E-state index in [0.717, 1.165) is 17.5 Å². The van der Waals surface area contributed by atoms with Gasteiger partial charge in [0.1, 0.15) is 11.3 Å². The molecule has 4 aromatic rings. The normalized spacial score (nSPS) is 15.7. The lowest BCUT2D eigenvalue weighted by atomic mass is 9.97. The Morgan fingerprint density at radius 2 is 1.92 bits per heavy atom. The maximum atomic E-state index is 13.9. The molecule has 184 valence electrons. The number of carbonyl (C=O) groups excluding carboxylic acids is 1.